The lowest BCUT2D eigenvalue weighted by Crippen LogP contribution is -2.42. The molecule has 16 heavy (non-hydrogen) atoms. The van der Waals surface area contributed by atoms with E-state index >= 15 is 0 Å². The van der Waals surface area contributed by atoms with Crippen LogP contribution in [0.25, 0.3) is 0 Å². The summed E-state index contributed by atoms with van der Waals surface area (Å²) in [6.45, 7) is 0.607. The van der Waals surface area contributed by atoms with Crippen molar-refractivity contribution in [2.75, 3.05) is 6.54 Å². The van der Waals surface area contributed by atoms with Gasteiger partial charge < -0.3 is 9.32 Å². The Labute approximate surface area is 98.4 Å². The average Bonchev–Trinajstić information content (AvgIpc) is 2.75. The summed E-state index contributed by atoms with van der Waals surface area (Å²) in [6.07, 6.45) is 2.65. The lowest BCUT2D eigenvalue weighted by atomic mass is 10.0. The van der Waals surface area contributed by atoms with Crippen LogP contribution in [0.4, 0.5) is 0 Å². The monoisotopic (exact) mass is 238 g/mol. The van der Waals surface area contributed by atoms with Gasteiger partial charge in [-0.25, -0.2) is 0 Å². The van der Waals surface area contributed by atoms with E-state index < -0.39 is 0 Å². The van der Waals surface area contributed by atoms with Gasteiger partial charge in [-0.3, -0.25) is 4.79 Å². The molecular formula is C11H11ClN2O2. The summed E-state index contributed by atoms with van der Waals surface area (Å²) >= 11 is 5.61. The molecule has 0 N–H and O–H groups in total. The van der Waals surface area contributed by atoms with E-state index in [4.69, 9.17) is 21.3 Å². The van der Waals surface area contributed by atoms with Crippen LogP contribution in [0.5, 0.6) is 0 Å². The summed E-state index contributed by atoms with van der Waals surface area (Å²) in [4.78, 5) is 13.6. The molecule has 1 aliphatic rings. The summed E-state index contributed by atoms with van der Waals surface area (Å²) in [7, 11) is 0. The van der Waals surface area contributed by atoms with E-state index in [1.54, 1.807) is 4.90 Å². The van der Waals surface area contributed by atoms with Crippen molar-refractivity contribution < 1.29 is 9.21 Å². The highest BCUT2D eigenvalue weighted by molar-refractivity contribution is 6.29. The molecule has 1 aromatic rings. The molecule has 0 saturated carbocycles. The van der Waals surface area contributed by atoms with E-state index in [0.29, 0.717) is 6.54 Å². The Bertz CT molecular complexity index is 435. The van der Waals surface area contributed by atoms with Crippen molar-refractivity contribution in [3.05, 3.63) is 23.1 Å². The maximum Gasteiger partial charge on any atom is 0.290 e. The molecule has 0 spiro atoms. The molecule has 1 unspecified atom stereocenters. The fourth-order valence-corrected chi connectivity index (χ4v) is 2.03. The Hall–Kier alpha value is -1.47. The van der Waals surface area contributed by atoms with Gasteiger partial charge in [0.25, 0.3) is 5.91 Å². The van der Waals surface area contributed by atoms with E-state index in [0.717, 1.165) is 19.3 Å². The summed E-state index contributed by atoms with van der Waals surface area (Å²) in [6, 6.07) is 4.86. The van der Waals surface area contributed by atoms with Gasteiger partial charge in [0.1, 0.15) is 6.04 Å². The van der Waals surface area contributed by atoms with Crippen LogP contribution >= 0.6 is 11.6 Å². The number of carbonyl (C=O) groups excluding carboxylic acids is 1. The first-order chi connectivity index (χ1) is 7.72. The van der Waals surface area contributed by atoms with Crippen LogP contribution in [0.1, 0.15) is 29.8 Å². The van der Waals surface area contributed by atoms with Crippen LogP contribution < -0.4 is 0 Å². The van der Waals surface area contributed by atoms with Gasteiger partial charge in [-0.15, -0.1) is 0 Å². The molecule has 0 radical (unpaired) electrons. The molecule has 2 heterocycles. The zero-order valence-electron chi connectivity index (χ0n) is 8.65. The van der Waals surface area contributed by atoms with E-state index in [2.05, 4.69) is 6.07 Å². The molecule has 1 aliphatic heterocycles. The number of amides is 1. The van der Waals surface area contributed by atoms with Crippen molar-refractivity contribution in [2.24, 2.45) is 0 Å². The largest absolute Gasteiger partial charge is 0.440 e. The fourth-order valence-electron chi connectivity index (χ4n) is 1.88. The van der Waals surface area contributed by atoms with E-state index in [1.807, 2.05) is 0 Å². The highest BCUT2D eigenvalue weighted by Crippen LogP contribution is 2.21. The van der Waals surface area contributed by atoms with Gasteiger partial charge in [0.2, 0.25) is 0 Å². The van der Waals surface area contributed by atoms with Gasteiger partial charge in [-0.05, 0) is 43.0 Å². The Morgan fingerprint density at radius 1 is 1.56 bits per heavy atom. The molecule has 5 heteroatoms. The van der Waals surface area contributed by atoms with Gasteiger partial charge in [0, 0.05) is 6.54 Å². The maximum atomic E-state index is 12.0. The second-order valence-corrected chi connectivity index (χ2v) is 4.12. The number of rotatable bonds is 1. The molecule has 1 aromatic heterocycles. The zero-order valence-corrected chi connectivity index (χ0v) is 9.41. The third-order valence-corrected chi connectivity index (χ3v) is 2.90. The highest BCUT2D eigenvalue weighted by atomic mass is 35.5. The zero-order chi connectivity index (χ0) is 11.5. The Balaban J connectivity index is 2.17. The molecule has 1 amide bonds. The molecule has 4 nitrogen and oxygen atoms in total. The average molecular weight is 239 g/mol. The Morgan fingerprint density at radius 3 is 3.00 bits per heavy atom. The van der Waals surface area contributed by atoms with Gasteiger partial charge >= 0.3 is 0 Å². The normalized spacial score (nSPS) is 20.5. The molecule has 1 fully saturated rings. The fraction of sp³-hybridized carbons (Fsp3) is 0.455. The number of likely N-dealkylation sites (tertiary alicyclic amines) is 1. The first-order valence-electron chi connectivity index (χ1n) is 5.18. The molecule has 0 bridgehead atoms. The van der Waals surface area contributed by atoms with Crippen LogP contribution in [-0.2, 0) is 0 Å². The molecule has 84 valence electrons. The summed E-state index contributed by atoms with van der Waals surface area (Å²) < 4.78 is 5.06. The second kappa shape index (κ2) is 4.58. The van der Waals surface area contributed by atoms with Crippen LogP contribution in [0.15, 0.2) is 16.5 Å². The molecule has 2 rings (SSSR count). The van der Waals surface area contributed by atoms with Crippen molar-refractivity contribution >= 4 is 17.5 Å². The van der Waals surface area contributed by atoms with Crippen LogP contribution in [0, 0.1) is 11.3 Å². The van der Waals surface area contributed by atoms with Crippen LogP contribution in [0.3, 0.4) is 0 Å². The van der Waals surface area contributed by atoms with Gasteiger partial charge in [-0.2, -0.15) is 5.26 Å². The number of piperidine rings is 1. The quantitative estimate of drug-likeness (QED) is 0.755. The van der Waals surface area contributed by atoms with Gasteiger partial charge in [0.05, 0.1) is 6.07 Å². The summed E-state index contributed by atoms with van der Waals surface area (Å²) in [5, 5.41) is 9.15. The molecule has 1 saturated heterocycles. The minimum Gasteiger partial charge on any atom is -0.440 e. The lowest BCUT2D eigenvalue weighted by molar-refractivity contribution is 0.0638. The smallest absolute Gasteiger partial charge is 0.290 e. The van der Waals surface area contributed by atoms with Crippen molar-refractivity contribution in [3.8, 4) is 6.07 Å². The topological polar surface area (TPSA) is 57.2 Å². The molecule has 0 aromatic carbocycles. The summed E-state index contributed by atoms with van der Waals surface area (Å²) in [5.41, 5.74) is 0. The third-order valence-electron chi connectivity index (χ3n) is 2.70. The minimum atomic E-state index is -0.342. The van der Waals surface area contributed by atoms with E-state index in [-0.39, 0.29) is 22.9 Å². The minimum absolute atomic E-state index is 0.189. The number of hydrogen-bond acceptors (Lipinski definition) is 3. The van der Waals surface area contributed by atoms with Crippen molar-refractivity contribution in [1.29, 1.82) is 5.26 Å². The Kier molecular flexibility index (Phi) is 3.16. The van der Waals surface area contributed by atoms with Crippen LogP contribution in [0.2, 0.25) is 5.22 Å². The Morgan fingerprint density at radius 2 is 2.38 bits per heavy atom. The van der Waals surface area contributed by atoms with Crippen molar-refractivity contribution in [2.45, 2.75) is 25.3 Å². The first-order valence-corrected chi connectivity index (χ1v) is 5.56. The second-order valence-electron chi connectivity index (χ2n) is 3.74. The first kappa shape index (κ1) is 11.0. The van der Waals surface area contributed by atoms with Gasteiger partial charge in [-0.1, -0.05) is 0 Å². The lowest BCUT2D eigenvalue weighted by Gasteiger charge is -2.30. The van der Waals surface area contributed by atoms with Gasteiger partial charge in [0.15, 0.2) is 11.0 Å². The van der Waals surface area contributed by atoms with Crippen molar-refractivity contribution in [1.82, 2.24) is 4.90 Å². The van der Waals surface area contributed by atoms with E-state index in [1.165, 1.54) is 12.1 Å². The number of nitriles is 1. The predicted molar refractivity (Wildman–Crippen MR) is 58.0 cm³/mol. The standard InChI is InChI=1S/C11H11ClN2O2/c12-10-5-4-9(16-10)11(15)14-6-2-1-3-8(14)7-13/h4-5,8H,1-3,6H2. The van der Waals surface area contributed by atoms with Crippen molar-refractivity contribution in [3.63, 3.8) is 0 Å². The molecular weight excluding hydrogens is 228 g/mol. The number of nitrogens with zero attached hydrogens (tertiary/aromatic N) is 2. The van der Waals surface area contributed by atoms with Crippen LogP contribution in [-0.4, -0.2) is 23.4 Å². The predicted octanol–water partition coefficient (Wildman–Crippen LogP) is 2.45. The number of halogens is 1. The number of hydrogen-bond donors (Lipinski definition) is 0. The third kappa shape index (κ3) is 2.05. The number of furan rings is 1. The molecule has 0 aliphatic carbocycles. The van der Waals surface area contributed by atoms with E-state index in [9.17, 15) is 4.79 Å². The SMILES string of the molecule is N#CC1CCCCN1C(=O)c1ccc(Cl)o1. The number of carbonyl (C=O) groups is 1. The highest BCUT2D eigenvalue weighted by Gasteiger charge is 2.28. The summed E-state index contributed by atoms with van der Waals surface area (Å²) in [5.74, 6) is -0.0506. The maximum absolute atomic E-state index is 12.0. The molecule has 1 atom stereocenters.